The molecular formula is C21H22N2O3. The number of H-pyrrole nitrogens is 1. The molecule has 0 bridgehead atoms. The zero-order chi connectivity index (χ0) is 18.0. The van der Waals surface area contributed by atoms with Crippen molar-refractivity contribution in [1.82, 2.24) is 4.98 Å². The van der Waals surface area contributed by atoms with Gasteiger partial charge in [-0.15, -0.1) is 0 Å². The van der Waals surface area contributed by atoms with Crippen LogP contribution < -0.4 is 10.1 Å². The predicted octanol–water partition coefficient (Wildman–Crippen LogP) is 3.86. The van der Waals surface area contributed by atoms with Crippen molar-refractivity contribution in [2.75, 3.05) is 25.6 Å². The third-order valence-electron chi connectivity index (χ3n) is 5.24. The van der Waals surface area contributed by atoms with E-state index in [4.69, 9.17) is 9.47 Å². The maximum Gasteiger partial charge on any atom is 0.235 e. The number of ether oxygens (including phenoxy) is 2. The summed E-state index contributed by atoms with van der Waals surface area (Å²) in [5, 5.41) is 4.24. The number of rotatable bonds is 4. The van der Waals surface area contributed by atoms with Crippen molar-refractivity contribution in [2.24, 2.45) is 0 Å². The third kappa shape index (κ3) is 2.95. The van der Waals surface area contributed by atoms with Crippen LogP contribution in [0, 0.1) is 0 Å². The van der Waals surface area contributed by atoms with Crippen molar-refractivity contribution in [1.29, 1.82) is 0 Å². The molecule has 3 aromatic rings. The maximum atomic E-state index is 13.3. The summed E-state index contributed by atoms with van der Waals surface area (Å²) in [7, 11) is 1.64. The molecule has 0 spiro atoms. The predicted molar refractivity (Wildman–Crippen MR) is 102 cm³/mol. The van der Waals surface area contributed by atoms with Gasteiger partial charge in [0.15, 0.2) is 0 Å². The first kappa shape index (κ1) is 16.7. The fourth-order valence-electron chi connectivity index (χ4n) is 3.65. The number of methoxy groups -OCH3 is 1. The van der Waals surface area contributed by atoms with Crippen LogP contribution in [0.3, 0.4) is 0 Å². The number of aromatic amines is 1. The Labute approximate surface area is 152 Å². The van der Waals surface area contributed by atoms with E-state index in [9.17, 15) is 4.79 Å². The average Bonchev–Trinajstić information content (AvgIpc) is 3.16. The van der Waals surface area contributed by atoms with Gasteiger partial charge in [0.25, 0.3) is 0 Å². The van der Waals surface area contributed by atoms with E-state index in [2.05, 4.69) is 10.3 Å². The van der Waals surface area contributed by atoms with Gasteiger partial charge < -0.3 is 19.8 Å². The van der Waals surface area contributed by atoms with E-state index in [1.54, 1.807) is 7.11 Å². The molecule has 5 heteroatoms. The molecule has 26 heavy (non-hydrogen) atoms. The summed E-state index contributed by atoms with van der Waals surface area (Å²) < 4.78 is 10.8. The molecule has 2 heterocycles. The van der Waals surface area contributed by atoms with E-state index < -0.39 is 5.41 Å². The van der Waals surface area contributed by atoms with Crippen LogP contribution >= 0.6 is 0 Å². The molecule has 4 rings (SSSR count). The highest BCUT2D eigenvalue weighted by atomic mass is 16.5. The Morgan fingerprint density at radius 2 is 1.88 bits per heavy atom. The van der Waals surface area contributed by atoms with Crippen LogP contribution in [0.5, 0.6) is 5.75 Å². The van der Waals surface area contributed by atoms with Crippen LogP contribution in [0.4, 0.5) is 5.69 Å². The first-order valence-electron chi connectivity index (χ1n) is 8.82. The van der Waals surface area contributed by atoms with Gasteiger partial charge in [0.05, 0.1) is 12.5 Å². The van der Waals surface area contributed by atoms with Crippen molar-refractivity contribution < 1.29 is 14.3 Å². The van der Waals surface area contributed by atoms with E-state index in [0.29, 0.717) is 26.1 Å². The number of nitrogens with one attached hydrogen (secondary N) is 2. The minimum Gasteiger partial charge on any atom is -0.497 e. The number of benzene rings is 2. The van der Waals surface area contributed by atoms with Gasteiger partial charge >= 0.3 is 0 Å². The van der Waals surface area contributed by atoms with Crippen LogP contribution in [0.15, 0.2) is 54.7 Å². The van der Waals surface area contributed by atoms with Gasteiger partial charge in [-0.2, -0.15) is 0 Å². The van der Waals surface area contributed by atoms with Crippen LogP contribution in [0.2, 0.25) is 0 Å². The molecule has 0 atom stereocenters. The Balaban J connectivity index is 1.65. The Hall–Kier alpha value is -2.79. The number of carbonyl (C=O) groups is 1. The first-order chi connectivity index (χ1) is 12.7. The van der Waals surface area contributed by atoms with Gasteiger partial charge in [0.2, 0.25) is 5.91 Å². The largest absolute Gasteiger partial charge is 0.497 e. The summed E-state index contributed by atoms with van der Waals surface area (Å²) in [5.41, 5.74) is 2.22. The van der Waals surface area contributed by atoms with Gasteiger partial charge in [0.1, 0.15) is 5.75 Å². The molecule has 1 saturated heterocycles. The van der Waals surface area contributed by atoms with E-state index >= 15 is 0 Å². The van der Waals surface area contributed by atoms with Crippen LogP contribution in [-0.4, -0.2) is 31.2 Å². The van der Waals surface area contributed by atoms with Crippen molar-refractivity contribution in [3.63, 3.8) is 0 Å². The summed E-state index contributed by atoms with van der Waals surface area (Å²) in [6.07, 6.45) is 3.22. The Morgan fingerprint density at radius 3 is 2.62 bits per heavy atom. The minimum atomic E-state index is -0.588. The fourth-order valence-corrected chi connectivity index (χ4v) is 3.65. The second-order valence-corrected chi connectivity index (χ2v) is 6.66. The molecule has 1 fully saturated rings. The summed E-state index contributed by atoms with van der Waals surface area (Å²) in [4.78, 5) is 16.5. The number of hydrogen-bond acceptors (Lipinski definition) is 3. The Morgan fingerprint density at radius 1 is 1.12 bits per heavy atom. The zero-order valence-electron chi connectivity index (χ0n) is 14.7. The quantitative estimate of drug-likeness (QED) is 0.751. The smallest absolute Gasteiger partial charge is 0.235 e. The third-order valence-corrected chi connectivity index (χ3v) is 5.24. The lowest BCUT2D eigenvalue weighted by atomic mass is 9.73. The number of fused-ring (bicyclic) bond motifs is 1. The molecule has 0 radical (unpaired) electrons. The molecule has 1 amide bonds. The minimum absolute atomic E-state index is 0.0110. The molecule has 1 aromatic heterocycles. The second-order valence-electron chi connectivity index (χ2n) is 6.66. The highest BCUT2D eigenvalue weighted by Crippen LogP contribution is 2.37. The summed E-state index contributed by atoms with van der Waals surface area (Å²) >= 11 is 0. The van der Waals surface area contributed by atoms with Gasteiger partial charge in [-0.25, -0.2) is 0 Å². The van der Waals surface area contributed by atoms with Gasteiger partial charge in [0, 0.05) is 30.6 Å². The zero-order valence-corrected chi connectivity index (χ0v) is 14.7. The molecule has 0 aliphatic carbocycles. The highest BCUT2D eigenvalue weighted by Gasteiger charge is 2.41. The SMILES string of the molecule is COc1ccc(C2(C(=O)Nc3ccc4cc[nH]c4c3)CCOCC2)cc1. The van der Waals surface area contributed by atoms with Gasteiger partial charge in [-0.1, -0.05) is 18.2 Å². The summed E-state index contributed by atoms with van der Waals surface area (Å²) in [6, 6.07) is 15.7. The number of aromatic nitrogens is 1. The molecule has 2 aromatic carbocycles. The molecule has 0 unspecified atom stereocenters. The second kappa shape index (κ2) is 6.84. The normalized spacial score (nSPS) is 16.3. The summed E-state index contributed by atoms with van der Waals surface area (Å²) in [5.74, 6) is 0.797. The van der Waals surface area contributed by atoms with Crippen molar-refractivity contribution in [2.45, 2.75) is 18.3 Å². The van der Waals surface area contributed by atoms with E-state index in [0.717, 1.165) is 27.9 Å². The lowest BCUT2D eigenvalue weighted by molar-refractivity contribution is -0.125. The number of amides is 1. The van der Waals surface area contributed by atoms with E-state index in [1.807, 2.05) is 54.7 Å². The standard InChI is InChI=1S/C21H22N2O3/c1-25-18-6-3-16(4-7-18)21(9-12-26-13-10-21)20(24)23-17-5-2-15-8-11-22-19(15)14-17/h2-8,11,14,22H,9-10,12-13H2,1H3,(H,23,24). The monoisotopic (exact) mass is 350 g/mol. The van der Waals surface area contributed by atoms with Crippen molar-refractivity contribution >= 4 is 22.5 Å². The van der Waals surface area contributed by atoms with Crippen LogP contribution in [0.25, 0.3) is 10.9 Å². The summed E-state index contributed by atoms with van der Waals surface area (Å²) in [6.45, 7) is 1.16. The van der Waals surface area contributed by atoms with Gasteiger partial charge in [-0.3, -0.25) is 4.79 Å². The first-order valence-corrected chi connectivity index (χ1v) is 8.82. The van der Waals surface area contributed by atoms with Crippen molar-refractivity contribution in [3.8, 4) is 5.75 Å². The molecule has 1 aliphatic heterocycles. The molecular weight excluding hydrogens is 328 g/mol. The number of hydrogen-bond donors (Lipinski definition) is 2. The molecule has 5 nitrogen and oxygen atoms in total. The lowest BCUT2D eigenvalue weighted by Gasteiger charge is -2.36. The topological polar surface area (TPSA) is 63.3 Å². The lowest BCUT2D eigenvalue weighted by Crippen LogP contribution is -2.44. The molecule has 0 saturated carbocycles. The average molecular weight is 350 g/mol. The Kier molecular flexibility index (Phi) is 4.39. The maximum absolute atomic E-state index is 13.3. The van der Waals surface area contributed by atoms with E-state index in [1.165, 1.54) is 0 Å². The highest BCUT2D eigenvalue weighted by molar-refractivity contribution is 6.00. The van der Waals surface area contributed by atoms with Crippen LogP contribution in [0.1, 0.15) is 18.4 Å². The molecule has 1 aliphatic rings. The fraction of sp³-hybridized carbons (Fsp3) is 0.286. The van der Waals surface area contributed by atoms with Crippen LogP contribution in [-0.2, 0) is 14.9 Å². The number of carbonyl (C=O) groups excluding carboxylic acids is 1. The van der Waals surface area contributed by atoms with Crippen molar-refractivity contribution in [3.05, 3.63) is 60.3 Å². The molecule has 134 valence electrons. The Bertz CT molecular complexity index is 908. The molecule has 2 N–H and O–H groups in total. The van der Waals surface area contributed by atoms with E-state index in [-0.39, 0.29) is 5.91 Å². The van der Waals surface area contributed by atoms with Gasteiger partial charge in [-0.05, 0) is 54.1 Å². The number of anilines is 1.